The SMILES string of the molecule is CCNC(=NCC(C)(C)c1cccs1)NCC(O)c1ccncc1.I. The van der Waals surface area contributed by atoms with Gasteiger partial charge in [-0.3, -0.25) is 9.98 Å². The van der Waals surface area contributed by atoms with Gasteiger partial charge in [0.15, 0.2) is 5.96 Å². The van der Waals surface area contributed by atoms with Crippen LogP contribution in [0.2, 0.25) is 0 Å². The van der Waals surface area contributed by atoms with E-state index in [-0.39, 0.29) is 29.4 Å². The molecule has 1 unspecified atom stereocenters. The fourth-order valence-corrected chi connectivity index (χ4v) is 3.10. The maximum Gasteiger partial charge on any atom is 0.191 e. The summed E-state index contributed by atoms with van der Waals surface area (Å²) in [5.74, 6) is 0.718. The van der Waals surface area contributed by atoms with Crippen molar-refractivity contribution in [3.05, 3.63) is 52.5 Å². The molecule has 2 heterocycles. The van der Waals surface area contributed by atoms with Crippen molar-refractivity contribution in [2.45, 2.75) is 32.3 Å². The van der Waals surface area contributed by atoms with Gasteiger partial charge >= 0.3 is 0 Å². The molecule has 0 saturated heterocycles. The number of aromatic nitrogens is 1. The quantitative estimate of drug-likeness (QED) is 0.327. The third kappa shape index (κ3) is 6.91. The Morgan fingerprint density at radius 2 is 2.00 bits per heavy atom. The van der Waals surface area contributed by atoms with Crippen molar-refractivity contribution in [1.29, 1.82) is 0 Å². The van der Waals surface area contributed by atoms with Crippen LogP contribution in [-0.2, 0) is 5.41 Å². The van der Waals surface area contributed by atoms with Gasteiger partial charge in [-0.15, -0.1) is 35.3 Å². The second kappa shape index (κ2) is 10.7. The maximum absolute atomic E-state index is 10.2. The van der Waals surface area contributed by atoms with Crippen LogP contribution >= 0.6 is 35.3 Å². The van der Waals surface area contributed by atoms with Crippen molar-refractivity contribution in [2.75, 3.05) is 19.6 Å². The van der Waals surface area contributed by atoms with Crippen molar-refractivity contribution in [1.82, 2.24) is 15.6 Å². The second-order valence-electron chi connectivity index (χ2n) is 6.23. The number of guanidine groups is 1. The average molecular weight is 474 g/mol. The second-order valence-corrected chi connectivity index (χ2v) is 7.18. The van der Waals surface area contributed by atoms with Crippen LogP contribution in [0.5, 0.6) is 0 Å². The van der Waals surface area contributed by atoms with Crippen LogP contribution in [0.3, 0.4) is 0 Å². The number of pyridine rings is 1. The number of halogens is 1. The molecule has 5 nitrogen and oxygen atoms in total. The van der Waals surface area contributed by atoms with Crippen LogP contribution in [0.4, 0.5) is 0 Å². The molecule has 7 heteroatoms. The molecule has 0 saturated carbocycles. The molecule has 0 aliphatic heterocycles. The molecule has 0 fully saturated rings. The lowest BCUT2D eigenvalue weighted by atomic mass is 9.92. The van der Waals surface area contributed by atoms with Gasteiger partial charge in [-0.2, -0.15) is 0 Å². The van der Waals surface area contributed by atoms with Crippen LogP contribution in [0.15, 0.2) is 47.0 Å². The highest BCUT2D eigenvalue weighted by molar-refractivity contribution is 14.0. The molecule has 138 valence electrons. The first kappa shape index (κ1) is 21.9. The summed E-state index contributed by atoms with van der Waals surface area (Å²) < 4.78 is 0. The minimum Gasteiger partial charge on any atom is -0.387 e. The van der Waals surface area contributed by atoms with Crippen molar-refractivity contribution >= 4 is 41.3 Å². The normalized spacial score (nSPS) is 13.0. The molecule has 0 aromatic carbocycles. The molecule has 25 heavy (non-hydrogen) atoms. The van der Waals surface area contributed by atoms with E-state index in [0.29, 0.717) is 13.1 Å². The first-order valence-electron chi connectivity index (χ1n) is 8.17. The summed E-state index contributed by atoms with van der Waals surface area (Å²) in [6, 6.07) is 7.85. The van der Waals surface area contributed by atoms with Crippen LogP contribution in [-0.4, -0.2) is 35.7 Å². The van der Waals surface area contributed by atoms with Crippen molar-refractivity contribution < 1.29 is 5.11 Å². The average Bonchev–Trinajstić information content (AvgIpc) is 3.13. The molecule has 0 aliphatic rings. The van der Waals surface area contributed by atoms with E-state index < -0.39 is 6.10 Å². The number of hydrogen-bond acceptors (Lipinski definition) is 4. The van der Waals surface area contributed by atoms with Crippen molar-refractivity contribution in [3.63, 3.8) is 0 Å². The highest BCUT2D eigenvalue weighted by Crippen LogP contribution is 2.27. The third-order valence-corrected chi connectivity index (χ3v) is 4.95. The lowest BCUT2D eigenvalue weighted by Crippen LogP contribution is -2.40. The van der Waals surface area contributed by atoms with Crippen LogP contribution in [0.1, 0.15) is 37.3 Å². The number of hydrogen-bond donors (Lipinski definition) is 3. The molecule has 0 radical (unpaired) electrons. The molecule has 0 bridgehead atoms. The molecule has 2 aromatic heterocycles. The van der Waals surface area contributed by atoms with Gasteiger partial charge in [0, 0.05) is 35.8 Å². The highest BCUT2D eigenvalue weighted by atomic mass is 127. The summed E-state index contributed by atoms with van der Waals surface area (Å²) in [6.07, 6.45) is 2.77. The summed E-state index contributed by atoms with van der Waals surface area (Å²) in [5.41, 5.74) is 0.826. The van der Waals surface area contributed by atoms with Crippen LogP contribution in [0, 0.1) is 0 Å². The van der Waals surface area contributed by atoms with Gasteiger partial charge in [0.2, 0.25) is 0 Å². The Morgan fingerprint density at radius 1 is 1.28 bits per heavy atom. The molecule has 1 atom stereocenters. The Bertz CT molecular complexity index is 632. The summed E-state index contributed by atoms with van der Waals surface area (Å²) >= 11 is 1.75. The Balaban J connectivity index is 0.00000312. The van der Waals surface area contributed by atoms with E-state index in [2.05, 4.69) is 52.0 Å². The van der Waals surface area contributed by atoms with E-state index in [1.54, 1.807) is 23.7 Å². The Hall–Kier alpha value is -1.19. The smallest absolute Gasteiger partial charge is 0.191 e. The van der Waals surface area contributed by atoms with E-state index >= 15 is 0 Å². The Labute approximate surface area is 171 Å². The maximum atomic E-state index is 10.2. The lowest BCUT2D eigenvalue weighted by molar-refractivity contribution is 0.180. The van der Waals surface area contributed by atoms with E-state index in [1.807, 2.05) is 19.1 Å². The third-order valence-electron chi connectivity index (χ3n) is 3.72. The number of aliphatic hydroxyl groups is 1. The first-order valence-corrected chi connectivity index (χ1v) is 9.05. The standard InChI is InChI=1S/C18H26N4OS.HI/c1-4-20-17(21-12-15(23)14-7-9-19-10-8-14)22-13-18(2,3)16-6-5-11-24-16;/h5-11,15,23H,4,12-13H2,1-3H3,(H2,20,21,22);1H. The highest BCUT2D eigenvalue weighted by Gasteiger charge is 2.21. The molecule has 3 N–H and O–H groups in total. The monoisotopic (exact) mass is 474 g/mol. The fourth-order valence-electron chi connectivity index (χ4n) is 2.26. The lowest BCUT2D eigenvalue weighted by Gasteiger charge is -2.22. The minimum atomic E-state index is -0.595. The molecule has 0 amide bonds. The van der Waals surface area contributed by atoms with E-state index in [0.717, 1.165) is 18.1 Å². The van der Waals surface area contributed by atoms with Crippen molar-refractivity contribution in [2.24, 2.45) is 4.99 Å². The molecule has 2 aromatic rings. The van der Waals surface area contributed by atoms with Gasteiger partial charge in [-0.05, 0) is 36.1 Å². The molecule has 2 rings (SSSR count). The van der Waals surface area contributed by atoms with E-state index in [9.17, 15) is 5.11 Å². The number of aliphatic imine (C=N–C) groups is 1. The predicted molar refractivity (Wildman–Crippen MR) is 116 cm³/mol. The van der Waals surface area contributed by atoms with Gasteiger partial charge in [0.05, 0.1) is 12.6 Å². The topological polar surface area (TPSA) is 69.5 Å². The summed E-state index contributed by atoms with van der Waals surface area (Å²) in [5, 5.41) is 18.8. The van der Waals surface area contributed by atoms with Gasteiger partial charge in [0.1, 0.15) is 0 Å². The molecular weight excluding hydrogens is 447 g/mol. The zero-order valence-electron chi connectivity index (χ0n) is 14.9. The number of aliphatic hydroxyl groups excluding tert-OH is 1. The number of nitrogens with zero attached hydrogens (tertiary/aromatic N) is 2. The first-order chi connectivity index (χ1) is 11.5. The van der Waals surface area contributed by atoms with Gasteiger partial charge in [0.25, 0.3) is 0 Å². The molecular formula is C18H27IN4OS. The number of nitrogens with one attached hydrogen (secondary N) is 2. The van der Waals surface area contributed by atoms with Gasteiger partial charge in [-0.25, -0.2) is 0 Å². The summed E-state index contributed by atoms with van der Waals surface area (Å²) in [6.45, 7) is 8.26. The minimum absolute atomic E-state index is 0. The zero-order chi connectivity index (χ0) is 17.4. The molecule has 0 aliphatic carbocycles. The number of thiophene rings is 1. The van der Waals surface area contributed by atoms with Crippen LogP contribution < -0.4 is 10.6 Å². The predicted octanol–water partition coefficient (Wildman–Crippen LogP) is 3.33. The summed E-state index contributed by atoms with van der Waals surface area (Å²) in [7, 11) is 0. The molecule has 0 spiro atoms. The fraction of sp³-hybridized carbons (Fsp3) is 0.444. The van der Waals surface area contributed by atoms with Crippen molar-refractivity contribution in [3.8, 4) is 0 Å². The van der Waals surface area contributed by atoms with E-state index in [4.69, 9.17) is 0 Å². The zero-order valence-corrected chi connectivity index (χ0v) is 18.0. The summed E-state index contributed by atoms with van der Waals surface area (Å²) in [4.78, 5) is 9.97. The largest absolute Gasteiger partial charge is 0.387 e. The van der Waals surface area contributed by atoms with Gasteiger partial charge < -0.3 is 15.7 Å². The Kier molecular flexibility index (Phi) is 9.37. The van der Waals surface area contributed by atoms with E-state index in [1.165, 1.54) is 4.88 Å². The van der Waals surface area contributed by atoms with Crippen LogP contribution in [0.25, 0.3) is 0 Å². The van der Waals surface area contributed by atoms with Gasteiger partial charge in [-0.1, -0.05) is 19.9 Å². The Morgan fingerprint density at radius 3 is 2.60 bits per heavy atom. The number of rotatable bonds is 7.